The quantitative estimate of drug-likeness (QED) is 0.547. The number of aliphatic imine (C=N–C) groups is 1. The Kier molecular flexibility index (Phi) is 8.22. The lowest BCUT2D eigenvalue weighted by molar-refractivity contribution is -0.128. The van der Waals surface area contributed by atoms with E-state index in [-0.39, 0.29) is 18.3 Å². The van der Waals surface area contributed by atoms with Crippen molar-refractivity contribution in [1.82, 2.24) is 20.5 Å². The number of rotatable bonds is 8. The Bertz CT molecular complexity index is 734. The second-order valence-corrected chi connectivity index (χ2v) is 6.12. The predicted molar refractivity (Wildman–Crippen MR) is 105 cm³/mol. The van der Waals surface area contributed by atoms with Gasteiger partial charge in [-0.15, -0.1) is 0 Å². The van der Waals surface area contributed by atoms with Gasteiger partial charge in [0, 0.05) is 45.5 Å². The third-order valence-electron chi connectivity index (χ3n) is 4.11. The van der Waals surface area contributed by atoms with Crippen LogP contribution in [0.15, 0.2) is 53.7 Å². The highest BCUT2D eigenvalue weighted by atomic mass is 19.1. The van der Waals surface area contributed by atoms with Crippen LogP contribution in [0.2, 0.25) is 0 Å². The number of benzene rings is 1. The van der Waals surface area contributed by atoms with Crippen molar-refractivity contribution in [3.8, 4) is 0 Å². The van der Waals surface area contributed by atoms with Gasteiger partial charge < -0.3 is 15.5 Å². The maximum Gasteiger partial charge on any atom is 0.241 e. The number of likely N-dealkylation sites (N-methyl/N-ethyl adjacent to an activating group) is 1. The second kappa shape index (κ2) is 10.9. The molecule has 0 saturated carbocycles. The molecule has 0 fully saturated rings. The maximum absolute atomic E-state index is 12.9. The monoisotopic (exact) mass is 371 g/mol. The standard InChI is InChI=1S/C20H26FN5O/c1-22-20(24-13-10-16-6-8-17(21)9-7-16)25-15-19(27)26(2)14-11-18-5-3-4-12-23-18/h3-9,12H,10-11,13-15H2,1-2H3,(H2,22,24,25). The topological polar surface area (TPSA) is 69.6 Å². The van der Waals surface area contributed by atoms with Crippen LogP contribution in [0.25, 0.3) is 0 Å². The Labute approximate surface area is 159 Å². The number of aromatic nitrogens is 1. The molecule has 0 bridgehead atoms. The van der Waals surface area contributed by atoms with E-state index in [4.69, 9.17) is 0 Å². The molecule has 144 valence electrons. The Hall–Kier alpha value is -2.96. The lowest BCUT2D eigenvalue weighted by Crippen LogP contribution is -2.44. The van der Waals surface area contributed by atoms with Gasteiger partial charge >= 0.3 is 0 Å². The van der Waals surface area contributed by atoms with Gasteiger partial charge in [0.15, 0.2) is 5.96 Å². The summed E-state index contributed by atoms with van der Waals surface area (Å²) < 4.78 is 12.9. The normalized spacial score (nSPS) is 11.1. The van der Waals surface area contributed by atoms with E-state index in [1.807, 2.05) is 18.2 Å². The summed E-state index contributed by atoms with van der Waals surface area (Å²) in [7, 11) is 3.43. The van der Waals surface area contributed by atoms with Gasteiger partial charge in [-0.2, -0.15) is 0 Å². The van der Waals surface area contributed by atoms with Crippen molar-refractivity contribution in [3.05, 3.63) is 65.7 Å². The van der Waals surface area contributed by atoms with E-state index in [1.54, 1.807) is 37.3 Å². The molecule has 2 aromatic rings. The molecule has 7 heteroatoms. The van der Waals surface area contributed by atoms with Crippen LogP contribution in [0.5, 0.6) is 0 Å². The zero-order chi connectivity index (χ0) is 19.5. The molecule has 1 aromatic carbocycles. The summed E-state index contributed by atoms with van der Waals surface area (Å²) in [5, 5.41) is 6.16. The minimum atomic E-state index is -0.241. The summed E-state index contributed by atoms with van der Waals surface area (Å²) in [5.74, 6) is 0.297. The molecule has 0 spiro atoms. The van der Waals surface area contributed by atoms with E-state index in [0.29, 0.717) is 25.5 Å². The summed E-state index contributed by atoms with van der Waals surface area (Å²) >= 11 is 0. The molecule has 0 aliphatic heterocycles. The first kappa shape index (κ1) is 20.4. The fourth-order valence-corrected chi connectivity index (χ4v) is 2.44. The molecule has 0 aliphatic rings. The van der Waals surface area contributed by atoms with Gasteiger partial charge in [0.2, 0.25) is 5.91 Å². The van der Waals surface area contributed by atoms with Crippen LogP contribution in [0.4, 0.5) is 4.39 Å². The van der Waals surface area contributed by atoms with Crippen LogP contribution in [-0.4, -0.2) is 55.5 Å². The van der Waals surface area contributed by atoms with Gasteiger partial charge in [0.25, 0.3) is 0 Å². The third-order valence-corrected chi connectivity index (χ3v) is 4.11. The molecule has 1 aromatic heterocycles. The Morgan fingerprint density at radius 3 is 2.59 bits per heavy atom. The molecule has 0 radical (unpaired) electrons. The maximum atomic E-state index is 12.9. The number of pyridine rings is 1. The minimum absolute atomic E-state index is 0.0209. The molecule has 1 heterocycles. The summed E-state index contributed by atoms with van der Waals surface area (Å²) in [5.41, 5.74) is 1.99. The highest BCUT2D eigenvalue weighted by molar-refractivity contribution is 5.86. The summed E-state index contributed by atoms with van der Waals surface area (Å²) in [6.07, 6.45) is 3.20. The number of amides is 1. The van der Waals surface area contributed by atoms with E-state index in [9.17, 15) is 9.18 Å². The van der Waals surface area contributed by atoms with Gasteiger partial charge in [0.05, 0.1) is 6.54 Å². The molecule has 1 amide bonds. The third kappa shape index (κ3) is 7.43. The van der Waals surface area contributed by atoms with E-state index in [1.165, 1.54) is 12.1 Å². The lowest BCUT2D eigenvalue weighted by atomic mass is 10.1. The zero-order valence-corrected chi connectivity index (χ0v) is 15.8. The smallest absolute Gasteiger partial charge is 0.241 e. The first-order chi connectivity index (χ1) is 13.1. The van der Waals surface area contributed by atoms with Crippen molar-refractivity contribution in [1.29, 1.82) is 0 Å². The van der Waals surface area contributed by atoms with Crippen LogP contribution in [0, 0.1) is 5.82 Å². The van der Waals surface area contributed by atoms with Gasteiger partial charge in [-0.3, -0.25) is 14.8 Å². The van der Waals surface area contributed by atoms with Crippen molar-refractivity contribution >= 4 is 11.9 Å². The van der Waals surface area contributed by atoms with Crippen molar-refractivity contribution < 1.29 is 9.18 Å². The number of carbonyl (C=O) groups excluding carboxylic acids is 1. The highest BCUT2D eigenvalue weighted by Gasteiger charge is 2.09. The van der Waals surface area contributed by atoms with E-state index in [0.717, 1.165) is 17.7 Å². The predicted octanol–water partition coefficient (Wildman–Crippen LogP) is 1.63. The zero-order valence-electron chi connectivity index (χ0n) is 15.8. The van der Waals surface area contributed by atoms with Crippen LogP contribution in [0.3, 0.4) is 0 Å². The van der Waals surface area contributed by atoms with E-state index in [2.05, 4.69) is 20.6 Å². The Morgan fingerprint density at radius 2 is 1.93 bits per heavy atom. The van der Waals surface area contributed by atoms with E-state index >= 15 is 0 Å². The van der Waals surface area contributed by atoms with Crippen LogP contribution < -0.4 is 10.6 Å². The number of nitrogens with zero attached hydrogens (tertiary/aromatic N) is 3. The number of carbonyl (C=O) groups is 1. The van der Waals surface area contributed by atoms with Gasteiger partial charge in [-0.05, 0) is 36.2 Å². The fraction of sp³-hybridized carbons (Fsp3) is 0.350. The lowest BCUT2D eigenvalue weighted by Gasteiger charge is -2.18. The molecule has 0 aliphatic carbocycles. The number of nitrogens with one attached hydrogen (secondary N) is 2. The molecular weight excluding hydrogens is 345 g/mol. The Balaban J connectivity index is 1.67. The summed E-state index contributed by atoms with van der Waals surface area (Å²) in [6.45, 7) is 1.40. The molecule has 6 nitrogen and oxygen atoms in total. The second-order valence-electron chi connectivity index (χ2n) is 6.12. The van der Waals surface area contributed by atoms with Gasteiger partial charge in [-0.1, -0.05) is 18.2 Å². The highest BCUT2D eigenvalue weighted by Crippen LogP contribution is 2.02. The first-order valence-corrected chi connectivity index (χ1v) is 8.91. The molecule has 0 saturated heterocycles. The first-order valence-electron chi connectivity index (χ1n) is 8.91. The number of hydrogen-bond acceptors (Lipinski definition) is 3. The van der Waals surface area contributed by atoms with E-state index < -0.39 is 0 Å². The summed E-state index contributed by atoms with van der Waals surface area (Å²) in [6, 6.07) is 12.2. The minimum Gasteiger partial charge on any atom is -0.356 e. The van der Waals surface area contributed by atoms with Gasteiger partial charge in [0.1, 0.15) is 5.82 Å². The molecule has 2 N–H and O–H groups in total. The molecule has 2 rings (SSSR count). The largest absolute Gasteiger partial charge is 0.356 e. The number of halogens is 1. The average molecular weight is 371 g/mol. The Morgan fingerprint density at radius 1 is 1.15 bits per heavy atom. The fourth-order valence-electron chi connectivity index (χ4n) is 2.44. The molecule has 27 heavy (non-hydrogen) atoms. The average Bonchev–Trinajstić information content (AvgIpc) is 2.70. The summed E-state index contributed by atoms with van der Waals surface area (Å²) in [4.78, 5) is 22.3. The van der Waals surface area contributed by atoms with Crippen LogP contribution in [-0.2, 0) is 17.6 Å². The van der Waals surface area contributed by atoms with Crippen molar-refractivity contribution in [2.45, 2.75) is 12.8 Å². The van der Waals surface area contributed by atoms with Crippen LogP contribution >= 0.6 is 0 Å². The number of guanidine groups is 1. The molecule has 0 unspecified atom stereocenters. The SMILES string of the molecule is CN=C(NCCc1ccc(F)cc1)NCC(=O)N(C)CCc1ccccn1. The van der Waals surface area contributed by atoms with Crippen molar-refractivity contribution in [2.24, 2.45) is 4.99 Å². The molecule has 0 atom stereocenters. The molecular formula is C20H26FN5O. The number of hydrogen-bond donors (Lipinski definition) is 2. The van der Waals surface area contributed by atoms with Gasteiger partial charge in [-0.25, -0.2) is 4.39 Å². The van der Waals surface area contributed by atoms with Crippen molar-refractivity contribution in [2.75, 3.05) is 33.7 Å². The van der Waals surface area contributed by atoms with Crippen LogP contribution in [0.1, 0.15) is 11.3 Å². The van der Waals surface area contributed by atoms with Crippen molar-refractivity contribution in [3.63, 3.8) is 0 Å².